The molecule has 0 spiro atoms. The van der Waals surface area contributed by atoms with E-state index in [4.69, 9.17) is 5.11 Å². The van der Waals surface area contributed by atoms with Gasteiger partial charge in [-0.1, -0.05) is 20.3 Å². The van der Waals surface area contributed by atoms with Crippen LogP contribution in [0.25, 0.3) is 0 Å². The van der Waals surface area contributed by atoms with Crippen molar-refractivity contribution in [2.24, 2.45) is 0 Å². The number of aliphatic hydroxyl groups excluding tert-OH is 1. The molecular weight excluding hydrogens is 164 g/mol. The Bertz CT molecular complexity index is 87.0. The molecule has 0 saturated heterocycles. The standard InChI is InChI=1S/C7H18N2O.C3H8/c1-8(2)4-5-9(3)6-7-10;1-3-2/h10H,4-7H2,1-3H3;3H2,1-2H3. The van der Waals surface area contributed by atoms with Crippen molar-refractivity contribution < 1.29 is 5.11 Å². The molecule has 3 heteroatoms. The minimum absolute atomic E-state index is 0.254. The van der Waals surface area contributed by atoms with Gasteiger partial charge >= 0.3 is 0 Å². The number of rotatable bonds is 5. The fourth-order valence-electron chi connectivity index (χ4n) is 0.653. The van der Waals surface area contributed by atoms with Crippen molar-refractivity contribution in [2.75, 3.05) is 47.4 Å². The molecule has 13 heavy (non-hydrogen) atoms. The van der Waals surface area contributed by atoms with Gasteiger partial charge in [0.1, 0.15) is 0 Å². The minimum atomic E-state index is 0.254. The van der Waals surface area contributed by atoms with Crippen LogP contribution in [0.5, 0.6) is 0 Å². The molecule has 82 valence electrons. The van der Waals surface area contributed by atoms with Crippen molar-refractivity contribution in [2.45, 2.75) is 20.3 Å². The molecule has 0 atom stereocenters. The van der Waals surface area contributed by atoms with Gasteiger partial charge < -0.3 is 14.9 Å². The third-order valence-electron chi connectivity index (χ3n) is 1.41. The van der Waals surface area contributed by atoms with Crippen molar-refractivity contribution in [3.63, 3.8) is 0 Å². The smallest absolute Gasteiger partial charge is 0.0558 e. The highest BCUT2D eigenvalue weighted by molar-refractivity contribution is 4.51. The Labute approximate surface area is 83.3 Å². The molecule has 0 aromatic heterocycles. The zero-order valence-electron chi connectivity index (χ0n) is 9.88. The summed E-state index contributed by atoms with van der Waals surface area (Å²) in [6, 6.07) is 0. The summed E-state index contributed by atoms with van der Waals surface area (Å²) >= 11 is 0. The lowest BCUT2D eigenvalue weighted by Gasteiger charge is -2.17. The number of likely N-dealkylation sites (N-methyl/N-ethyl adjacent to an activating group) is 2. The summed E-state index contributed by atoms with van der Waals surface area (Å²) in [7, 11) is 6.11. The lowest BCUT2D eigenvalue weighted by atomic mass is 10.5. The van der Waals surface area contributed by atoms with E-state index in [2.05, 4.69) is 23.6 Å². The number of aliphatic hydroxyl groups is 1. The summed E-state index contributed by atoms with van der Waals surface area (Å²) in [4.78, 5) is 4.24. The van der Waals surface area contributed by atoms with E-state index in [-0.39, 0.29) is 6.61 Å². The van der Waals surface area contributed by atoms with Crippen molar-refractivity contribution in [1.29, 1.82) is 0 Å². The van der Waals surface area contributed by atoms with Gasteiger partial charge in [0, 0.05) is 19.6 Å². The molecule has 0 aromatic rings. The van der Waals surface area contributed by atoms with E-state index in [1.165, 1.54) is 6.42 Å². The Hall–Kier alpha value is -0.120. The Kier molecular flexibility index (Phi) is 14.0. The Morgan fingerprint density at radius 1 is 0.923 bits per heavy atom. The average molecular weight is 190 g/mol. The molecule has 3 nitrogen and oxygen atoms in total. The zero-order chi connectivity index (χ0) is 10.7. The van der Waals surface area contributed by atoms with Gasteiger partial charge in [0.15, 0.2) is 0 Å². The van der Waals surface area contributed by atoms with Crippen molar-refractivity contribution in [3.05, 3.63) is 0 Å². The van der Waals surface area contributed by atoms with E-state index >= 15 is 0 Å². The highest BCUT2D eigenvalue weighted by Crippen LogP contribution is 1.81. The van der Waals surface area contributed by atoms with Gasteiger partial charge in [-0.05, 0) is 21.1 Å². The first-order chi connectivity index (χ1) is 6.08. The maximum atomic E-state index is 8.55. The van der Waals surface area contributed by atoms with Gasteiger partial charge in [0.25, 0.3) is 0 Å². The lowest BCUT2D eigenvalue weighted by Crippen LogP contribution is -2.30. The first kappa shape index (κ1) is 15.4. The monoisotopic (exact) mass is 190 g/mol. The predicted molar refractivity (Wildman–Crippen MR) is 59.1 cm³/mol. The second kappa shape index (κ2) is 11.9. The SMILES string of the molecule is CCC.CN(C)CCN(C)CCO. The quantitative estimate of drug-likeness (QED) is 0.697. The number of nitrogens with zero attached hydrogens (tertiary/aromatic N) is 2. The Morgan fingerprint density at radius 3 is 1.69 bits per heavy atom. The third-order valence-corrected chi connectivity index (χ3v) is 1.41. The minimum Gasteiger partial charge on any atom is -0.395 e. The average Bonchev–Trinajstić information content (AvgIpc) is 2.03. The van der Waals surface area contributed by atoms with Gasteiger partial charge in [-0.25, -0.2) is 0 Å². The second-order valence-electron chi connectivity index (χ2n) is 3.54. The molecule has 0 bridgehead atoms. The van der Waals surface area contributed by atoms with Crippen molar-refractivity contribution in [1.82, 2.24) is 9.80 Å². The molecule has 0 unspecified atom stereocenters. The van der Waals surface area contributed by atoms with Gasteiger partial charge in [-0.2, -0.15) is 0 Å². The first-order valence-electron chi connectivity index (χ1n) is 5.02. The first-order valence-corrected chi connectivity index (χ1v) is 5.02. The molecule has 0 rings (SSSR count). The van der Waals surface area contributed by atoms with E-state index in [1.54, 1.807) is 0 Å². The van der Waals surface area contributed by atoms with Gasteiger partial charge in [0.2, 0.25) is 0 Å². The maximum absolute atomic E-state index is 8.55. The van der Waals surface area contributed by atoms with Crippen LogP contribution in [0.15, 0.2) is 0 Å². The summed E-state index contributed by atoms with van der Waals surface area (Å²) < 4.78 is 0. The van der Waals surface area contributed by atoms with Gasteiger partial charge in [0.05, 0.1) is 6.61 Å². The Morgan fingerprint density at radius 2 is 1.38 bits per heavy atom. The molecule has 0 saturated carbocycles. The molecule has 0 aliphatic rings. The summed E-state index contributed by atoms with van der Waals surface area (Å²) in [5.41, 5.74) is 0. The van der Waals surface area contributed by atoms with E-state index in [0.717, 1.165) is 19.6 Å². The molecule has 0 amide bonds. The van der Waals surface area contributed by atoms with Crippen LogP contribution >= 0.6 is 0 Å². The van der Waals surface area contributed by atoms with Crippen molar-refractivity contribution in [3.8, 4) is 0 Å². The number of hydrogen-bond acceptors (Lipinski definition) is 3. The van der Waals surface area contributed by atoms with Crippen molar-refractivity contribution >= 4 is 0 Å². The van der Waals surface area contributed by atoms with Crippen LogP contribution in [-0.2, 0) is 0 Å². The lowest BCUT2D eigenvalue weighted by molar-refractivity contribution is 0.209. The van der Waals surface area contributed by atoms with Crippen LogP contribution in [0, 0.1) is 0 Å². The molecule has 0 radical (unpaired) electrons. The van der Waals surface area contributed by atoms with E-state index in [0.29, 0.717) is 0 Å². The molecule has 1 N–H and O–H groups in total. The number of hydrogen-bond donors (Lipinski definition) is 1. The van der Waals surface area contributed by atoms with Crippen LogP contribution in [0.4, 0.5) is 0 Å². The fraction of sp³-hybridized carbons (Fsp3) is 1.00. The maximum Gasteiger partial charge on any atom is 0.0558 e. The molecule has 0 heterocycles. The van der Waals surface area contributed by atoms with Crippen LogP contribution in [0.2, 0.25) is 0 Å². The zero-order valence-corrected chi connectivity index (χ0v) is 9.88. The summed E-state index contributed by atoms with van der Waals surface area (Å²) in [5.74, 6) is 0. The van der Waals surface area contributed by atoms with Crippen LogP contribution in [0.1, 0.15) is 20.3 Å². The van der Waals surface area contributed by atoms with Gasteiger partial charge in [-0.3, -0.25) is 0 Å². The van der Waals surface area contributed by atoms with Crippen LogP contribution in [0.3, 0.4) is 0 Å². The second-order valence-corrected chi connectivity index (χ2v) is 3.54. The fourth-order valence-corrected chi connectivity index (χ4v) is 0.653. The third kappa shape index (κ3) is 18.7. The van der Waals surface area contributed by atoms with Crippen LogP contribution < -0.4 is 0 Å². The Balaban J connectivity index is 0. The summed E-state index contributed by atoms with van der Waals surface area (Å²) in [5, 5.41) is 8.55. The van der Waals surface area contributed by atoms with Crippen LogP contribution in [-0.4, -0.2) is 62.3 Å². The summed E-state index contributed by atoms with van der Waals surface area (Å²) in [6.45, 7) is 7.35. The normalized spacial score (nSPS) is 10.2. The molecule has 0 aliphatic heterocycles. The van der Waals surface area contributed by atoms with E-state index in [9.17, 15) is 0 Å². The highest BCUT2D eigenvalue weighted by Gasteiger charge is 1.96. The van der Waals surface area contributed by atoms with Gasteiger partial charge in [-0.15, -0.1) is 0 Å². The molecular formula is C10H26N2O. The summed E-state index contributed by atoms with van der Waals surface area (Å²) in [6.07, 6.45) is 1.25. The van der Waals surface area contributed by atoms with E-state index < -0.39 is 0 Å². The molecule has 0 fully saturated rings. The predicted octanol–water partition coefficient (Wildman–Crippen LogP) is 0.888. The van der Waals surface area contributed by atoms with E-state index in [1.807, 2.05) is 21.1 Å². The highest BCUT2D eigenvalue weighted by atomic mass is 16.3. The molecule has 0 aliphatic carbocycles. The largest absolute Gasteiger partial charge is 0.395 e. The molecule has 0 aromatic carbocycles. The topological polar surface area (TPSA) is 26.7 Å².